The van der Waals surface area contributed by atoms with E-state index in [1.165, 1.54) is 23.2 Å². The molecule has 39 heavy (non-hydrogen) atoms. The van der Waals surface area contributed by atoms with Gasteiger partial charge in [0.2, 0.25) is 11.8 Å². The van der Waals surface area contributed by atoms with Crippen LogP contribution >= 0.6 is 11.3 Å². The second-order valence-electron chi connectivity index (χ2n) is 9.29. The number of anilines is 3. The van der Waals surface area contributed by atoms with Crippen LogP contribution in [0.3, 0.4) is 0 Å². The van der Waals surface area contributed by atoms with Crippen molar-refractivity contribution in [2.75, 3.05) is 10.2 Å². The minimum absolute atomic E-state index is 0.284. The predicted molar refractivity (Wildman–Crippen MR) is 149 cm³/mol. The summed E-state index contributed by atoms with van der Waals surface area (Å²) in [6.07, 6.45) is 3.84. The van der Waals surface area contributed by atoms with Crippen molar-refractivity contribution in [1.29, 1.82) is 0 Å². The molecule has 1 aromatic carbocycles. The number of para-hydroxylation sites is 1. The van der Waals surface area contributed by atoms with Crippen molar-refractivity contribution in [3.8, 4) is 11.6 Å². The van der Waals surface area contributed by atoms with Gasteiger partial charge in [-0.1, -0.05) is 18.2 Å². The maximum absolute atomic E-state index is 13.5. The lowest BCUT2D eigenvalue weighted by Crippen LogP contribution is -2.39. The summed E-state index contributed by atoms with van der Waals surface area (Å²) in [4.78, 5) is 53.9. The molecule has 6 rings (SSSR count). The van der Waals surface area contributed by atoms with Crippen molar-refractivity contribution < 1.29 is 19.1 Å². The van der Waals surface area contributed by atoms with Crippen molar-refractivity contribution in [3.05, 3.63) is 65.3 Å². The van der Waals surface area contributed by atoms with Crippen LogP contribution in [-0.2, 0) is 4.79 Å². The number of hydrogen-bond donors (Lipinski definition) is 2. The number of pyridine rings is 2. The summed E-state index contributed by atoms with van der Waals surface area (Å²) in [5.41, 5.74) is 2.89. The van der Waals surface area contributed by atoms with Gasteiger partial charge in [0.15, 0.2) is 0 Å². The molecule has 10 nitrogen and oxygen atoms in total. The van der Waals surface area contributed by atoms with Crippen molar-refractivity contribution in [3.63, 3.8) is 0 Å². The summed E-state index contributed by atoms with van der Waals surface area (Å²) in [6, 6.07) is 13.9. The van der Waals surface area contributed by atoms with Gasteiger partial charge in [0.05, 0.1) is 34.2 Å². The Morgan fingerprint density at radius 1 is 1.15 bits per heavy atom. The number of urea groups is 1. The number of nitrogens with zero attached hydrogens (tertiary/aromatic N) is 4. The molecule has 1 saturated carbocycles. The zero-order valence-electron chi connectivity index (χ0n) is 21.2. The molecule has 0 saturated heterocycles. The molecular weight excluding hydrogens is 516 g/mol. The molecule has 1 atom stereocenters. The Morgan fingerprint density at radius 2 is 1.97 bits per heavy atom. The molecule has 4 amide bonds. The highest BCUT2D eigenvalue weighted by molar-refractivity contribution is 7.21. The van der Waals surface area contributed by atoms with E-state index in [0.29, 0.717) is 68.0 Å². The Balaban J connectivity index is 1.33. The maximum atomic E-state index is 13.5. The van der Waals surface area contributed by atoms with E-state index >= 15 is 0 Å². The van der Waals surface area contributed by atoms with Crippen molar-refractivity contribution in [2.24, 2.45) is 4.99 Å². The van der Waals surface area contributed by atoms with Crippen LogP contribution in [0.1, 0.15) is 41.6 Å². The van der Waals surface area contributed by atoms with Crippen LogP contribution in [-0.4, -0.2) is 39.6 Å². The molecule has 2 N–H and O–H groups in total. The van der Waals surface area contributed by atoms with E-state index in [4.69, 9.17) is 4.74 Å². The van der Waals surface area contributed by atoms with Gasteiger partial charge in [0, 0.05) is 24.9 Å². The summed E-state index contributed by atoms with van der Waals surface area (Å²) in [6.45, 7) is 3.21. The van der Waals surface area contributed by atoms with Gasteiger partial charge in [0.25, 0.3) is 5.91 Å². The number of aromatic nitrogens is 2. The normalized spacial score (nSPS) is 17.4. The number of hydrogen-bond acceptors (Lipinski definition) is 7. The lowest BCUT2D eigenvalue weighted by atomic mass is 10.1. The second-order valence-corrected chi connectivity index (χ2v) is 10.3. The molecule has 0 spiro atoms. The zero-order chi connectivity index (χ0) is 27.1. The standard InChI is InChI=1S/C28H24N6O4S/c1-15-20(11-12-22(30-15)38-17-7-4-3-5-8-17)34-21-13-14-29-27-23(21)24(33-28(34)37)25(39-27)26(36)32-19-10-6-9-18(19)31-16(2)35/h3-5,7-8,11-14,19H,6,9-10H2,1-2H3,(H,32,36)(H,33,37)/b31-18+/t19-/m1/s1. The number of ether oxygens (including phenoxy) is 1. The Bertz CT molecular complexity index is 1670. The molecule has 4 heterocycles. The fourth-order valence-electron chi connectivity index (χ4n) is 4.96. The highest BCUT2D eigenvalue weighted by Crippen LogP contribution is 2.46. The van der Waals surface area contributed by atoms with Gasteiger partial charge in [-0.05, 0) is 50.5 Å². The molecule has 3 aromatic heterocycles. The summed E-state index contributed by atoms with van der Waals surface area (Å²) in [5.74, 6) is 0.453. The summed E-state index contributed by atoms with van der Waals surface area (Å²) in [5, 5.41) is 6.58. The van der Waals surface area contributed by atoms with E-state index in [2.05, 4.69) is 25.6 Å². The average molecular weight is 541 g/mol. The van der Waals surface area contributed by atoms with Gasteiger partial charge in [-0.15, -0.1) is 11.3 Å². The van der Waals surface area contributed by atoms with Gasteiger partial charge >= 0.3 is 6.03 Å². The lowest BCUT2D eigenvalue weighted by Gasteiger charge is -2.29. The van der Waals surface area contributed by atoms with Gasteiger partial charge in [-0.3, -0.25) is 14.5 Å². The van der Waals surface area contributed by atoms with Gasteiger partial charge in [-0.2, -0.15) is 0 Å². The van der Waals surface area contributed by atoms with Gasteiger partial charge in [0.1, 0.15) is 15.5 Å². The Hall–Kier alpha value is -4.64. The minimum Gasteiger partial charge on any atom is -0.439 e. The summed E-state index contributed by atoms with van der Waals surface area (Å²) in [7, 11) is 0. The molecule has 2 aliphatic rings. The van der Waals surface area contributed by atoms with Crippen LogP contribution < -0.4 is 20.3 Å². The fourth-order valence-corrected chi connectivity index (χ4v) is 5.98. The number of aryl methyl sites for hydroxylation is 1. The Morgan fingerprint density at radius 3 is 2.74 bits per heavy atom. The molecule has 11 heteroatoms. The largest absolute Gasteiger partial charge is 0.439 e. The van der Waals surface area contributed by atoms with Crippen LogP contribution in [0, 0.1) is 6.92 Å². The third kappa shape index (κ3) is 4.61. The van der Waals surface area contributed by atoms with Crippen molar-refractivity contribution in [2.45, 2.75) is 39.2 Å². The lowest BCUT2D eigenvalue weighted by molar-refractivity contribution is -0.115. The number of thiophene rings is 1. The third-order valence-corrected chi connectivity index (χ3v) is 7.72. The first-order valence-corrected chi connectivity index (χ1v) is 13.3. The van der Waals surface area contributed by atoms with Crippen LogP contribution in [0.5, 0.6) is 11.6 Å². The van der Waals surface area contributed by atoms with Gasteiger partial charge < -0.3 is 15.4 Å². The number of rotatable bonds is 5. The molecule has 196 valence electrons. The van der Waals surface area contributed by atoms with E-state index in [9.17, 15) is 14.4 Å². The van der Waals surface area contributed by atoms with E-state index in [1.807, 2.05) is 37.3 Å². The van der Waals surface area contributed by atoms with E-state index in [1.54, 1.807) is 24.4 Å². The third-order valence-electron chi connectivity index (χ3n) is 6.63. The van der Waals surface area contributed by atoms with Crippen LogP contribution in [0.15, 0.2) is 59.7 Å². The smallest absolute Gasteiger partial charge is 0.331 e. The molecule has 0 unspecified atom stereocenters. The van der Waals surface area contributed by atoms with Crippen molar-refractivity contribution in [1.82, 2.24) is 15.3 Å². The molecule has 0 radical (unpaired) electrons. The SMILES string of the molecule is CC(=O)/N=C1\CCC[C@H]1NC(=O)c1sc2nccc3c2c1NC(=O)N3c1ccc(Oc2ccccc2)nc1C. The van der Waals surface area contributed by atoms with E-state index < -0.39 is 6.03 Å². The number of benzene rings is 1. The molecule has 1 aliphatic heterocycles. The highest BCUT2D eigenvalue weighted by Gasteiger charge is 2.34. The first kappa shape index (κ1) is 24.7. The molecule has 0 bridgehead atoms. The summed E-state index contributed by atoms with van der Waals surface area (Å²) >= 11 is 1.21. The molecule has 1 fully saturated rings. The summed E-state index contributed by atoms with van der Waals surface area (Å²) < 4.78 is 5.85. The minimum atomic E-state index is -0.413. The van der Waals surface area contributed by atoms with E-state index in [0.717, 1.165) is 6.42 Å². The predicted octanol–water partition coefficient (Wildman–Crippen LogP) is 5.75. The monoisotopic (exact) mass is 540 g/mol. The zero-order valence-corrected chi connectivity index (χ0v) is 22.0. The molecular formula is C28H24N6O4S. The topological polar surface area (TPSA) is 126 Å². The maximum Gasteiger partial charge on any atom is 0.331 e. The van der Waals surface area contributed by atoms with Crippen molar-refractivity contribution >= 4 is 62.2 Å². The first-order chi connectivity index (χ1) is 18.9. The highest BCUT2D eigenvalue weighted by atomic mass is 32.1. The number of amides is 4. The number of carbonyl (C=O) groups is 3. The molecule has 1 aliphatic carbocycles. The molecule has 4 aromatic rings. The number of carbonyl (C=O) groups excluding carboxylic acids is 3. The quantitative estimate of drug-likeness (QED) is 0.332. The fraction of sp³-hybridized carbons (Fsp3) is 0.214. The first-order valence-electron chi connectivity index (χ1n) is 12.5. The number of aliphatic imine (C=N–C) groups is 1. The van der Waals surface area contributed by atoms with Gasteiger partial charge in [-0.25, -0.2) is 19.8 Å². The van der Waals surface area contributed by atoms with Crippen LogP contribution in [0.25, 0.3) is 10.2 Å². The van der Waals surface area contributed by atoms with Crippen LogP contribution in [0.4, 0.5) is 21.9 Å². The Kier molecular flexibility index (Phi) is 6.27. The Labute approximate surface area is 227 Å². The number of nitrogens with one attached hydrogen (secondary N) is 2. The van der Waals surface area contributed by atoms with Crippen LogP contribution in [0.2, 0.25) is 0 Å². The average Bonchev–Trinajstić information content (AvgIpc) is 3.50. The second kappa shape index (κ2) is 9.91. The van der Waals surface area contributed by atoms with E-state index in [-0.39, 0.29) is 17.9 Å².